The smallest absolute Gasteiger partial charge is 0.406 e. The first-order valence-electron chi connectivity index (χ1n) is 6.03. The molecule has 0 bridgehead atoms. The van der Waals surface area contributed by atoms with E-state index in [1.165, 1.54) is 29.2 Å². The van der Waals surface area contributed by atoms with Crippen LogP contribution in [-0.2, 0) is 0 Å². The maximum Gasteiger partial charge on any atom is 0.573 e. The number of hydrogen-bond acceptors (Lipinski definition) is 3. The standard InChI is InChI=1S/C12H17F3N6O/c1-20(2)10(16)18-11(19-17)21(3)8-4-6-9(7-5-8)22-12(13,14)15/h4-7H,17H2,1-3H3,(H2,16,18,19). The van der Waals surface area contributed by atoms with Crippen molar-refractivity contribution in [3.63, 3.8) is 0 Å². The normalized spacial score (nSPS) is 13.0. The summed E-state index contributed by atoms with van der Waals surface area (Å²) in [6, 6.07) is 5.17. The Labute approximate surface area is 125 Å². The molecule has 0 saturated heterocycles. The molecule has 0 aliphatic carbocycles. The van der Waals surface area contributed by atoms with Gasteiger partial charge in [-0.2, -0.15) is 4.99 Å². The molecule has 7 nitrogen and oxygen atoms in total. The zero-order valence-electron chi connectivity index (χ0n) is 12.3. The number of hydrazone groups is 1. The SMILES string of the molecule is CN(C)C(N)=NC(=NN)N(C)c1ccc(OC(F)(F)F)cc1. The summed E-state index contributed by atoms with van der Waals surface area (Å²) >= 11 is 0. The Kier molecular flexibility index (Phi) is 5.44. The Morgan fingerprint density at radius 3 is 2.09 bits per heavy atom. The topological polar surface area (TPSA) is 92.5 Å². The van der Waals surface area contributed by atoms with Gasteiger partial charge in [0, 0.05) is 26.8 Å². The van der Waals surface area contributed by atoms with E-state index in [9.17, 15) is 13.2 Å². The highest BCUT2D eigenvalue weighted by atomic mass is 19.4. The van der Waals surface area contributed by atoms with Gasteiger partial charge in [-0.05, 0) is 24.3 Å². The van der Waals surface area contributed by atoms with Gasteiger partial charge in [0.25, 0.3) is 0 Å². The van der Waals surface area contributed by atoms with Gasteiger partial charge in [0.1, 0.15) is 5.75 Å². The van der Waals surface area contributed by atoms with E-state index in [2.05, 4.69) is 14.8 Å². The van der Waals surface area contributed by atoms with Gasteiger partial charge in [-0.3, -0.25) is 0 Å². The Morgan fingerprint density at radius 2 is 1.68 bits per heavy atom. The summed E-state index contributed by atoms with van der Waals surface area (Å²) in [5.74, 6) is 5.21. The van der Waals surface area contributed by atoms with Crippen LogP contribution < -0.4 is 21.2 Å². The van der Waals surface area contributed by atoms with Gasteiger partial charge in [-0.1, -0.05) is 0 Å². The second kappa shape index (κ2) is 6.87. The van der Waals surface area contributed by atoms with Crippen LogP contribution in [0, 0.1) is 0 Å². The molecule has 1 aromatic rings. The van der Waals surface area contributed by atoms with Gasteiger partial charge >= 0.3 is 6.36 Å². The van der Waals surface area contributed by atoms with Crippen LogP contribution in [-0.4, -0.2) is 44.3 Å². The van der Waals surface area contributed by atoms with Crippen molar-refractivity contribution in [3.8, 4) is 5.75 Å². The number of alkyl halides is 3. The fourth-order valence-electron chi connectivity index (χ4n) is 1.38. The molecule has 0 radical (unpaired) electrons. The minimum atomic E-state index is -4.73. The predicted molar refractivity (Wildman–Crippen MR) is 78.5 cm³/mol. The molecule has 22 heavy (non-hydrogen) atoms. The van der Waals surface area contributed by atoms with Crippen LogP contribution in [0.4, 0.5) is 18.9 Å². The van der Waals surface area contributed by atoms with Crippen LogP contribution >= 0.6 is 0 Å². The molecule has 0 aromatic heterocycles. The molecule has 0 aliphatic heterocycles. The molecule has 0 atom stereocenters. The first-order valence-corrected chi connectivity index (χ1v) is 6.03. The monoisotopic (exact) mass is 318 g/mol. The number of guanidine groups is 2. The molecule has 10 heteroatoms. The minimum absolute atomic E-state index is 0.0932. The number of rotatable bonds is 2. The van der Waals surface area contributed by atoms with Gasteiger partial charge in [-0.15, -0.1) is 18.3 Å². The molecule has 0 fully saturated rings. The van der Waals surface area contributed by atoms with Crippen molar-refractivity contribution in [2.24, 2.45) is 21.7 Å². The van der Waals surface area contributed by atoms with E-state index in [0.717, 1.165) is 0 Å². The van der Waals surface area contributed by atoms with Crippen molar-refractivity contribution in [1.82, 2.24) is 4.90 Å². The van der Waals surface area contributed by atoms with Crippen LogP contribution in [0.5, 0.6) is 5.75 Å². The van der Waals surface area contributed by atoms with Crippen molar-refractivity contribution in [2.45, 2.75) is 6.36 Å². The van der Waals surface area contributed by atoms with Crippen molar-refractivity contribution in [3.05, 3.63) is 24.3 Å². The van der Waals surface area contributed by atoms with Crippen LogP contribution in [0.2, 0.25) is 0 Å². The molecule has 1 aromatic carbocycles. The Morgan fingerprint density at radius 1 is 1.14 bits per heavy atom. The lowest BCUT2D eigenvalue weighted by atomic mass is 10.3. The number of ether oxygens (including phenoxy) is 1. The van der Waals surface area contributed by atoms with E-state index >= 15 is 0 Å². The van der Waals surface area contributed by atoms with Gasteiger partial charge < -0.3 is 26.1 Å². The van der Waals surface area contributed by atoms with E-state index < -0.39 is 6.36 Å². The molecule has 0 unspecified atom stereocenters. The zero-order chi connectivity index (χ0) is 16.9. The highest BCUT2D eigenvalue weighted by molar-refractivity contribution is 6.02. The summed E-state index contributed by atoms with van der Waals surface area (Å²) in [5.41, 5.74) is 6.18. The largest absolute Gasteiger partial charge is 0.573 e. The summed E-state index contributed by atoms with van der Waals surface area (Å²) in [5, 5.41) is 3.51. The maximum atomic E-state index is 12.1. The van der Waals surface area contributed by atoms with E-state index in [1.807, 2.05) is 0 Å². The lowest BCUT2D eigenvalue weighted by Gasteiger charge is -2.19. The first kappa shape index (κ1) is 17.4. The summed E-state index contributed by atoms with van der Waals surface area (Å²) in [6.45, 7) is 0. The minimum Gasteiger partial charge on any atom is -0.406 e. The molecule has 1 rings (SSSR count). The third-order valence-electron chi connectivity index (χ3n) is 2.55. The van der Waals surface area contributed by atoms with Crippen molar-refractivity contribution >= 4 is 17.6 Å². The fraction of sp³-hybridized carbons (Fsp3) is 0.333. The highest BCUT2D eigenvalue weighted by Crippen LogP contribution is 2.25. The van der Waals surface area contributed by atoms with Crippen LogP contribution in [0.1, 0.15) is 0 Å². The average Bonchev–Trinajstić information content (AvgIpc) is 2.42. The molecule has 4 N–H and O–H groups in total. The number of benzene rings is 1. The Bertz CT molecular complexity index is 553. The van der Waals surface area contributed by atoms with E-state index in [4.69, 9.17) is 11.6 Å². The van der Waals surface area contributed by atoms with Gasteiger partial charge in [-0.25, -0.2) is 0 Å². The quantitative estimate of drug-likeness (QED) is 0.369. The summed E-state index contributed by atoms with van der Waals surface area (Å²) in [6.07, 6.45) is -4.73. The second-order valence-electron chi connectivity index (χ2n) is 4.39. The first-order chi connectivity index (χ1) is 10.1. The lowest BCUT2D eigenvalue weighted by Crippen LogP contribution is -2.35. The van der Waals surface area contributed by atoms with Gasteiger partial charge in [0.2, 0.25) is 5.96 Å². The molecule has 0 spiro atoms. The Balaban J connectivity index is 2.93. The van der Waals surface area contributed by atoms with Crippen LogP contribution in [0.25, 0.3) is 0 Å². The number of halogens is 3. The van der Waals surface area contributed by atoms with Gasteiger partial charge in [0.15, 0.2) is 5.96 Å². The van der Waals surface area contributed by atoms with Crippen molar-refractivity contribution in [2.75, 3.05) is 26.0 Å². The van der Waals surface area contributed by atoms with E-state index in [0.29, 0.717) is 5.69 Å². The summed E-state index contributed by atoms with van der Waals surface area (Å²) in [7, 11) is 4.98. The molecule has 0 saturated carbocycles. The third-order valence-corrected chi connectivity index (χ3v) is 2.55. The number of aliphatic imine (C=N–C) groups is 1. The number of hydrogen-bond donors (Lipinski definition) is 2. The van der Waals surface area contributed by atoms with Gasteiger partial charge in [0.05, 0.1) is 0 Å². The average molecular weight is 318 g/mol. The van der Waals surface area contributed by atoms with E-state index in [-0.39, 0.29) is 17.7 Å². The summed E-state index contributed by atoms with van der Waals surface area (Å²) < 4.78 is 40.1. The molecule has 0 aliphatic rings. The molecule has 0 amide bonds. The molecule has 0 heterocycles. The number of nitrogens with two attached hydrogens (primary N) is 2. The van der Waals surface area contributed by atoms with E-state index in [1.54, 1.807) is 26.0 Å². The Hall–Kier alpha value is -2.65. The zero-order valence-corrected chi connectivity index (χ0v) is 12.3. The number of nitrogens with zero attached hydrogens (tertiary/aromatic N) is 4. The third kappa shape index (κ3) is 5.04. The van der Waals surface area contributed by atoms with Crippen LogP contribution in [0.15, 0.2) is 34.4 Å². The lowest BCUT2D eigenvalue weighted by molar-refractivity contribution is -0.274. The summed E-state index contributed by atoms with van der Waals surface area (Å²) in [4.78, 5) is 7.03. The predicted octanol–water partition coefficient (Wildman–Crippen LogP) is 1.13. The molecular formula is C12H17F3N6O. The molecular weight excluding hydrogens is 301 g/mol. The maximum absolute atomic E-state index is 12.1. The second-order valence-corrected chi connectivity index (χ2v) is 4.39. The molecule has 122 valence electrons. The highest BCUT2D eigenvalue weighted by Gasteiger charge is 2.31. The van der Waals surface area contributed by atoms with Crippen LogP contribution in [0.3, 0.4) is 0 Å². The number of anilines is 1. The van der Waals surface area contributed by atoms with Crippen molar-refractivity contribution in [1.29, 1.82) is 0 Å². The van der Waals surface area contributed by atoms with Crippen molar-refractivity contribution < 1.29 is 17.9 Å². The fourth-order valence-corrected chi connectivity index (χ4v) is 1.38.